The molecular formula is C16H24O3. The number of hydrogen-bond donors (Lipinski definition) is 0. The smallest absolute Gasteiger partial charge is 0.126 e. The second-order valence-electron chi connectivity index (χ2n) is 5.85. The van der Waals surface area contributed by atoms with Gasteiger partial charge in [0.15, 0.2) is 0 Å². The van der Waals surface area contributed by atoms with Crippen LogP contribution in [0.5, 0.6) is 11.5 Å². The van der Waals surface area contributed by atoms with Crippen molar-refractivity contribution in [1.29, 1.82) is 0 Å². The van der Waals surface area contributed by atoms with Crippen LogP contribution in [0.1, 0.15) is 51.2 Å². The Kier molecular flexibility index (Phi) is 4.98. The lowest BCUT2D eigenvalue weighted by atomic mass is 9.83. The van der Waals surface area contributed by atoms with Crippen LogP contribution in [-0.4, -0.2) is 20.5 Å². The summed E-state index contributed by atoms with van der Waals surface area (Å²) in [6.07, 6.45) is 1.42. The Morgan fingerprint density at radius 2 is 1.84 bits per heavy atom. The molecule has 0 aromatic heterocycles. The van der Waals surface area contributed by atoms with Gasteiger partial charge in [0.1, 0.15) is 17.8 Å². The van der Waals surface area contributed by atoms with Crippen molar-refractivity contribution < 1.29 is 14.3 Å². The minimum atomic E-state index is -0.0461. The molecule has 0 saturated heterocycles. The molecule has 106 valence electrons. The highest BCUT2D eigenvalue weighted by Gasteiger charge is 2.24. The van der Waals surface area contributed by atoms with E-state index >= 15 is 0 Å². The zero-order valence-electron chi connectivity index (χ0n) is 12.7. The van der Waals surface area contributed by atoms with E-state index in [0.717, 1.165) is 28.9 Å². The molecule has 0 N–H and O–H groups in total. The Morgan fingerprint density at radius 1 is 1.21 bits per heavy atom. The monoisotopic (exact) mass is 264 g/mol. The topological polar surface area (TPSA) is 35.5 Å². The first kappa shape index (κ1) is 15.5. The van der Waals surface area contributed by atoms with Crippen molar-refractivity contribution in [3.63, 3.8) is 0 Å². The molecule has 0 aliphatic rings. The quantitative estimate of drug-likeness (QED) is 0.761. The van der Waals surface area contributed by atoms with Crippen LogP contribution in [0.2, 0.25) is 0 Å². The summed E-state index contributed by atoms with van der Waals surface area (Å²) in [5.74, 6) is 1.78. The molecule has 1 unspecified atom stereocenters. The molecule has 0 heterocycles. The lowest BCUT2D eigenvalue weighted by Crippen LogP contribution is -2.15. The second kappa shape index (κ2) is 6.09. The number of carbonyl (C=O) groups is 1. The lowest BCUT2D eigenvalue weighted by molar-refractivity contribution is -0.108. The fourth-order valence-electron chi connectivity index (χ4n) is 2.16. The highest BCUT2D eigenvalue weighted by Crippen LogP contribution is 2.40. The van der Waals surface area contributed by atoms with Crippen molar-refractivity contribution >= 4 is 6.29 Å². The molecule has 0 radical (unpaired) electrons. The van der Waals surface area contributed by atoms with Crippen molar-refractivity contribution in [2.45, 2.75) is 45.4 Å². The van der Waals surface area contributed by atoms with Gasteiger partial charge in [-0.15, -0.1) is 0 Å². The SMILES string of the molecule is COc1cc(C(C)CC=O)c(OC)c(C(C)(C)C)c1. The van der Waals surface area contributed by atoms with Crippen molar-refractivity contribution in [2.24, 2.45) is 0 Å². The summed E-state index contributed by atoms with van der Waals surface area (Å²) in [5, 5.41) is 0. The zero-order valence-corrected chi connectivity index (χ0v) is 12.7. The maximum atomic E-state index is 10.8. The van der Waals surface area contributed by atoms with Gasteiger partial charge in [-0.3, -0.25) is 0 Å². The van der Waals surface area contributed by atoms with E-state index in [9.17, 15) is 4.79 Å². The third kappa shape index (κ3) is 3.49. The van der Waals surface area contributed by atoms with Gasteiger partial charge in [0.05, 0.1) is 14.2 Å². The van der Waals surface area contributed by atoms with E-state index in [2.05, 4.69) is 20.8 Å². The highest BCUT2D eigenvalue weighted by atomic mass is 16.5. The minimum absolute atomic E-state index is 0.0461. The van der Waals surface area contributed by atoms with Gasteiger partial charge in [0.2, 0.25) is 0 Å². The summed E-state index contributed by atoms with van der Waals surface area (Å²) in [7, 11) is 3.33. The molecule has 0 aliphatic carbocycles. The number of aldehydes is 1. The standard InChI is InChI=1S/C16H24O3/c1-11(7-8-17)13-9-12(18-5)10-14(15(13)19-6)16(2,3)4/h8-11H,7H2,1-6H3. The Bertz CT molecular complexity index is 444. The van der Waals surface area contributed by atoms with Gasteiger partial charge in [0, 0.05) is 17.5 Å². The van der Waals surface area contributed by atoms with E-state index in [-0.39, 0.29) is 11.3 Å². The van der Waals surface area contributed by atoms with E-state index in [1.807, 2.05) is 19.1 Å². The number of methoxy groups -OCH3 is 2. The Hall–Kier alpha value is -1.51. The van der Waals surface area contributed by atoms with Gasteiger partial charge >= 0.3 is 0 Å². The van der Waals surface area contributed by atoms with Crippen molar-refractivity contribution in [1.82, 2.24) is 0 Å². The predicted molar refractivity (Wildman–Crippen MR) is 77.3 cm³/mol. The number of benzene rings is 1. The van der Waals surface area contributed by atoms with Crippen LogP contribution >= 0.6 is 0 Å². The van der Waals surface area contributed by atoms with Crippen LogP contribution in [-0.2, 0) is 10.2 Å². The number of carbonyl (C=O) groups excluding carboxylic acids is 1. The molecule has 0 fully saturated rings. The minimum Gasteiger partial charge on any atom is -0.497 e. The maximum absolute atomic E-state index is 10.8. The Balaban J connectivity index is 3.47. The summed E-state index contributed by atoms with van der Waals surface area (Å²) in [6, 6.07) is 3.97. The third-order valence-electron chi connectivity index (χ3n) is 3.32. The van der Waals surface area contributed by atoms with E-state index in [0.29, 0.717) is 6.42 Å². The number of rotatable bonds is 5. The Labute approximate surface area is 115 Å². The summed E-state index contributed by atoms with van der Waals surface area (Å²) >= 11 is 0. The zero-order chi connectivity index (χ0) is 14.6. The van der Waals surface area contributed by atoms with Gasteiger partial charge in [-0.1, -0.05) is 27.7 Å². The fraction of sp³-hybridized carbons (Fsp3) is 0.562. The van der Waals surface area contributed by atoms with Crippen molar-refractivity contribution in [3.8, 4) is 11.5 Å². The van der Waals surface area contributed by atoms with E-state index in [1.54, 1.807) is 14.2 Å². The molecule has 1 atom stereocenters. The summed E-state index contributed by atoms with van der Waals surface area (Å²) in [6.45, 7) is 8.44. The van der Waals surface area contributed by atoms with Crippen LogP contribution in [0.15, 0.2) is 12.1 Å². The molecular weight excluding hydrogens is 240 g/mol. The number of hydrogen-bond acceptors (Lipinski definition) is 3. The molecule has 0 bridgehead atoms. The lowest BCUT2D eigenvalue weighted by Gasteiger charge is -2.26. The first-order chi connectivity index (χ1) is 8.85. The fourth-order valence-corrected chi connectivity index (χ4v) is 2.16. The first-order valence-corrected chi connectivity index (χ1v) is 6.55. The summed E-state index contributed by atoms with van der Waals surface area (Å²) < 4.78 is 11.0. The second-order valence-corrected chi connectivity index (χ2v) is 5.85. The summed E-state index contributed by atoms with van der Waals surface area (Å²) in [4.78, 5) is 10.8. The Morgan fingerprint density at radius 3 is 2.26 bits per heavy atom. The average Bonchev–Trinajstić information content (AvgIpc) is 2.36. The normalized spacial score (nSPS) is 12.9. The molecule has 1 rings (SSSR count). The molecule has 0 spiro atoms. The van der Waals surface area contributed by atoms with Gasteiger partial charge in [-0.2, -0.15) is 0 Å². The van der Waals surface area contributed by atoms with Crippen molar-refractivity contribution in [2.75, 3.05) is 14.2 Å². The molecule has 1 aromatic carbocycles. The molecule has 3 nitrogen and oxygen atoms in total. The molecule has 0 aliphatic heterocycles. The molecule has 1 aromatic rings. The van der Waals surface area contributed by atoms with Gasteiger partial charge < -0.3 is 14.3 Å². The first-order valence-electron chi connectivity index (χ1n) is 6.55. The van der Waals surface area contributed by atoms with Crippen molar-refractivity contribution in [3.05, 3.63) is 23.3 Å². The predicted octanol–water partition coefficient (Wildman–Crippen LogP) is 3.69. The van der Waals surface area contributed by atoms with E-state index in [4.69, 9.17) is 9.47 Å². The highest BCUT2D eigenvalue weighted by molar-refractivity contribution is 5.56. The molecule has 19 heavy (non-hydrogen) atoms. The molecule has 0 amide bonds. The van der Waals surface area contributed by atoms with Crippen LogP contribution in [0.4, 0.5) is 0 Å². The van der Waals surface area contributed by atoms with Crippen LogP contribution in [0.3, 0.4) is 0 Å². The largest absolute Gasteiger partial charge is 0.497 e. The van der Waals surface area contributed by atoms with Gasteiger partial charge in [-0.25, -0.2) is 0 Å². The maximum Gasteiger partial charge on any atom is 0.126 e. The molecule has 3 heteroatoms. The van der Waals surface area contributed by atoms with Crippen LogP contribution < -0.4 is 9.47 Å². The number of ether oxygens (including phenoxy) is 2. The van der Waals surface area contributed by atoms with Gasteiger partial charge in [-0.05, 0) is 23.5 Å². The average molecular weight is 264 g/mol. The van der Waals surface area contributed by atoms with E-state index < -0.39 is 0 Å². The van der Waals surface area contributed by atoms with Crippen LogP contribution in [0.25, 0.3) is 0 Å². The van der Waals surface area contributed by atoms with E-state index in [1.165, 1.54) is 0 Å². The van der Waals surface area contributed by atoms with Crippen LogP contribution in [0, 0.1) is 0 Å². The van der Waals surface area contributed by atoms with Gasteiger partial charge in [0.25, 0.3) is 0 Å². The molecule has 0 saturated carbocycles. The third-order valence-corrected chi connectivity index (χ3v) is 3.32. The summed E-state index contributed by atoms with van der Waals surface area (Å²) in [5.41, 5.74) is 2.08.